The third-order valence-electron chi connectivity index (χ3n) is 3.46. The number of hydrogen-bond donors (Lipinski definition) is 0. The molecule has 1 fully saturated rings. The lowest BCUT2D eigenvalue weighted by atomic mass is 10.1. The first-order chi connectivity index (χ1) is 8.33. The molecule has 1 saturated heterocycles. The van der Waals surface area contributed by atoms with Gasteiger partial charge in [-0.3, -0.25) is 0 Å². The summed E-state index contributed by atoms with van der Waals surface area (Å²) >= 11 is 2.12. The van der Waals surface area contributed by atoms with E-state index >= 15 is 0 Å². The van der Waals surface area contributed by atoms with Crippen molar-refractivity contribution in [3.8, 4) is 0 Å². The number of rotatable bonds is 2. The van der Waals surface area contributed by atoms with Gasteiger partial charge in [0.05, 0.1) is 5.69 Å². The Labute approximate surface area is 106 Å². The van der Waals surface area contributed by atoms with E-state index in [9.17, 15) is 0 Å². The largest absolute Gasteiger partial charge is 0.304 e. The van der Waals surface area contributed by atoms with E-state index in [0.29, 0.717) is 0 Å². The number of pyridine rings is 1. The highest BCUT2D eigenvalue weighted by Crippen LogP contribution is 2.27. The van der Waals surface area contributed by atoms with Gasteiger partial charge in [-0.2, -0.15) is 11.8 Å². The van der Waals surface area contributed by atoms with Gasteiger partial charge in [0.2, 0.25) is 0 Å². The first kappa shape index (κ1) is 11.1. The molecule has 90 valence electrons. The predicted molar refractivity (Wildman–Crippen MR) is 73.7 cm³/mol. The van der Waals surface area contributed by atoms with Crippen LogP contribution in [0.25, 0.3) is 5.65 Å². The van der Waals surface area contributed by atoms with Crippen molar-refractivity contribution in [2.75, 3.05) is 5.75 Å². The molecule has 1 unspecified atom stereocenters. The highest BCUT2D eigenvalue weighted by Gasteiger charge is 2.16. The molecular formula is C14H18N2S. The second-order valence-electron chi connectivity index (χ2n) is 4.82. The molecule has 2 nitrogen and oxygen atoms in total. The van der Waals surface area contributed by atoms with E-state index in [1.807, 2.05) is 0 Å². The molecule has 2 aromatic heterocycles. The Morgan fingerprint density at radius 1 is 1.41 bits per heavy atom. The molecule has 3 heterocycles. The molecule has 17 heavy (non-hydrogen) atoms. The maximum Gasteiger partial charge on any atom is 0.137 e. The van der Waals surface area contributed by atoms with Crippen molar-refractivity contribution in [1.29, 1.82) is 0 Å². The summed E-state index contributed by atoms with van der Waals surface area (Å²) in [6.45, 7) is 2.13. The van der Waals surface area contributed by atoms with Crippen molar-refractivity contribution in [2.24, 2.45) is 0 Å². The van der Waals surface area contributed by atoms with Crippen LogP contribution in [0.4, 0.5) is 0 Å². The van der Waals surface area contributed by atoms with Gasteiger partial charge < -0.3 is 4.40 Å². The van der Waals surface area contributed by atoms with Crippen LogP contribution in [-0.2, 0) is 6.42 Å². The average Bonchev–Trinajstić information content (AvgIpc) is 2.74. The summed E-state index contributed by atoms with van der Waals surface area (Å²) in [6.07, 6.45) is 7.48. The smallest absolute Gasteiger partial charge is 0.137 e. The van der Waals surface area contributed by atoms with Crippen LogP contribution in [0.1, 0.15) is 30.7 Å². The number of aryl methyl sites for hydroxylation is 1. The van der Waals surface area contributed by atoms with E-state index < -0.39 is 0 Å². The van der Waals surface area contributed by atoms with Gasteiger partial charge in [-0.1, -0.05) is 12.5 Å². The minimum Gasteiger partial charge on any atom is -0.304 e. The van der Waals surface area contributed by atoms with Gasteiger partial charge in [0.15, 0.2) is 0 Å². The van der Waals surface area contributed by atoms with Gasteiger partial charge in [-0.05, 0) is 37.7 Å². The molecule has 0 N–H and O–H groups in total. The second-order valence-corrected chi connectivity index (χ2v) is 6.23. The average molecular weight is 246 g/mol. The predicted octanol–water partition coefficient (Wildman–Crippen LogP) is 3.47. The fourth-order valence-corrected chi connectivity index (χ4v) is 3.82. The van der Waals surface area contributed by atoms with E-state index in [2.05, 4.69) is 47.5 Å². The molecule has 1 aliphatic rings. The van der Waals surface area contributed by atoms with Crippen molar-refractivity contribution in [1.82, 2.24) is 9.38 Å². The third kappa shape index (κ3) is 2.34. The van der Waals surface area contributed by atoms with Crippen molar-refractivity contribution in [2.45, 2.75) is 37.9 Å². The zero-order valence-corrected chi connectivity index (χ0v) is 11.0. The van der Waals surface area contributed by atoms with Crippen LogP contribution < -0.4 is 0 Å². The first-order valence-corrected chi connectivity index (χ1v) is 7.43. The zero-order valence-electron chi connectivity index (χ0n) is 10.2. The summed E-state index contributed by atoms with van der Waals surface area (Å²) in [5, 5.41) is 0.786. The van der Waals surface area contributed by atoms with Crippen molar-refractivity contribution < 1.29 is 0 Å². The van der Waals surface area contributed by atoms with E-state index in [4.69, 9.17) is 4.98 Å². The van der Waals surface area contributed by atoms with Crippen LogP contribution in [0.3, 0.4) is 0 Å². The molecule has 0 amide bonds. The van der Waals surface area contributed by atoms with Crippen LogP contribution in [0.15, 0.2) is 24.4 Å². The maximum absolute atomic E-state index is 4.72. The van der Waals surface area contributed by atoms with E-state index in [0.717, 1.165) is 17.3 Å². The Kier molecular flexibility index (Phi) is 3.10. The van der Waals surface area contributed by atoms with Crippen LogP contribution in [-0.4, -0.2) is 20.4 Å². The molecule has 0 aromatic carbocycles. The highest BCUT2D eigenvalue weighted by atomic mass is 32.2. The van der Waals surface area contributed by atoms with Crippen molar-refractivity contribution in [3.63, 3.8) is 0 Å². The van der Waals surface area contributed by atoms with E-state index in [-0.39, 0.29) is 0 Å². The normalized spacial score (nSPS) is 20.9. The number of fused-ring (bicyclic) bond motifs is 1. The molecule has 0 radical (unpaired) electrons. The summed E-state index contributed by atoms with van der Waals surface area (Å²) in [5.74, 6) is 1.33. The minimum absolute atomic E-state index is 0.786. The monoisotopic (exact) mass is 246 g/mol. The van der Waals surface area contributed by atoms with Gasteiger partial charge in [0.25, 0.3) is 0 Å². The van der Waals surface area contributed by atoms with Crippen LogP contribution >= 0.6 is 11.8 Å². The number of aromatic nitrogens is 2. The number of nitrogens with zero attached hydrogens (tertiary/aromatic N) is 2. The van der Waals surface area contributed by atoms with Crippen LogP contribution in [0.5, 0.6) is 0 Å². The fraction of sp³-hybridized carbons (Fsp3) is 0.500. The molecule has 3 heteroatoms. The zero-order chi connectivity index (χ0) is 11.7. The van der Waals surface area contributed by atoms with E-state index in [1.165, 1.54) is 36.4 Å². The summed E-state index contributed by atoms with van der Waals surface area (Å²) in [4.78, 5) is 4.72. The molecule has 0 saturated carbocycles. The Hall–Kier alpha value is -0.960. The number of hydrogen-bond acceptors (Lipinski definition) is 2. The molecule has 2 aromatic rings. The van der Waals surface area contributed by atoms with Crippen LogP contribution in [0.2, 0.25) is 0 Å². The standard InChI is InChI=1S/C14H18N2S/c1-11-5-4-7-14-15-12(10-16(11)14)9-13-6-2-3-8-17-13/h4-5,7,10,13H,2-3,6,8-9H2,1H3. The minimum atomic E-state index is 0.786. The topological polar surface area (TPSA) is 17.3 Å². The van der Waals surface area contributed by atoms with Gasteiger partial charge >= 0.3 is 0 Å². The Balaban J connectivity index is 1.83. The van der Waals surface area contributed by atoms with Gasteiger partial charge in [-0.15, -0.1) is 0 Å². The maximum atomic E-state index is 4.72. The number of thioether (sulfide) groups is 1. The summed E-state index contributed by atoms with van der Waals surface area (Å²) in [7, 11) is 0. The van der Waals surface area contributed by atoms with Gasteiger partial charge in [0.1, 0.15) is 5.65 Å². The molecule has 1 atom stereocenters. The first-order valence-electron chi connectivity index (χ1n) is 6.38. The molecule has 1 aliphatic heterocycles. The van der Waals surface area contributed by atoms with Crippen LogP contribution in [0, 0.1) is 6.92 Å². The van der Waals surface area contributed by atoms with E-state index in [1.54, 1.807) is 0 Å². The van der Waals surface area contributed by atoms with Gasteiger partial charge in [0, 0.05) is 23.6 Å². The second kappa shape index (κ2) is 4.73. The Morgan fingerprint density at radius 2 is 2.35 bits per heavy atom. The SMILES string of the molecule is Cc1cccc2nc(CC3CCCCS3)cn12. The lowest BCUT2D eigenvalue weighted by Crippen LogP contribution is -2.12. The quantitative estimate of drug-likeness (QED) is 0.807. The van der Waals surface area contributed by atoms with Crippen molar-refractivity contribution >= 4 is 17.4 Å². The molecule has 0 aliphatic carbocycles. The Morgan fingerprint density at radius 3 is 3.12 bits per heavy atom. The molecule has 3 rings (SSSR count). The third-order valence-corrected chi connectivity index (χ3v) is 4.85. The summed E-state index contributed by atoms with van der Waals surface area (Å²) in [6, 6.07) is 6.30. The van der Waals surface area contributed by atoms with Crippen molar-refractivity contribution in [3.05, 3.63) is 35.8 Å². The molecule has 0 spiro atoms. The highest BCUT2D eigenvalue weighted by molar-refractivity contribution is 7.99. The lowest BCUT2D eigenvalue weighted by Gasteiger charge is -2.19. The number of imidazole rings is 1. The van der Waals surface area contributed by atoms with Gasteiger partial charge in [-0.25, -0.2) is 4.98 Å². The summed E-state index contributed by atoms with van der Waals surface area (Å²) in [5.41, 5.74) is 3.59. The fourth-order valence-electron chi connectivity index (χ4n) is 2.50. The lowest BCUT2D eigenvalue weighted by molar-refractivity contribution is 0.656. The molecule has 0 bridgehead atoms. The Bertz CT molecular complexity index is 512. The summed E-state index contributed by atoms with van der Waals surface area (Å²) < 4.78 is 2.20. The molecular weight excluding hydrogens is 228 g/mol.